The highest BCUT2D eigenvalue weighted by molar-refractivity contribution is 7.91. The normalized spacial score (nSPS) is 16.5. The lowest BCUT2D eigenvalue weighted by atomic mass is 10.2. The van der Waals surface area contributed by atoms with Gasteiger partial charge < -0.3 is 4.42 Å². The summed E-state index contributed by atoms with van der Waals surface area (Å²) in [5, 5.41) is 0. The lowest BCUT2D eigenvalue weighted by Crippen LogP contribution is -2.48. The van der Waals surface area contributed by atoms with Crippen molar-refractivity contribution in [2.45, 2.75) is 17.7 Å². The molecule has 148 valence electrons. The first-order valence-corrected chi connectivity index (χ1v) is 11.6. The van der Waals surface area contributed by atoms with E-state index in [2.05, 4.69) is 9.88 Å². The molecule has 4 rings (SSSR count). The van der Waals surface area contributed by atoms with Gasteiger partial charge in [-0.2, -0.15) is 4.31 Å². The summed E-state index contributed by atoms with van der Waals surface area (Å²) in [7, 11) is -3.47. The van der Waals surface area contributed by atoms with Crippen LogP contribution in [0.15, 0.2) is 51.1 Å². The summed E-state index contributed by atoms with van der Waals surface area (Å²) in [5.41, 5.74) is 1.84. The molecule has 0 atom stereocenters. The van der Waals surface area contributed by atoms with Crippen LogP contribution in [0.1, 0.15) is 11.5 Å². The summed E-state index contributed by atoms with van der Waals surface area (Å²) in [6.07, 6.45) is 0. The summed E-state index contributed by atoms with van der Waals surface area (Å²) in [6.45, 7) is 4.73. The van der Waals surface area contributed by atoms with E-state index in [0.717, 1.165) is 28.4 Å². The molecule has 9 heteroatoms. The van der Waals surface area contributed by atoms with E-state index in [4.69, 9.17) is 16.0 Å². The van der Waals surface area contributed by atoms with Crippen molar-refractivity contribution in [1.29, 1.82) is 0 Å². The molecule has 0 bridgehead atoms. The number of rotatable bonds is 5. The maximum Gasteiger partial charge on any atom is 0.252 e. The van der Waals surface area contributed by atoms with E-state index in [0.29, 0.717) is 47.2 Å². The Morgan fingerprint density at radius 2 is 1.82 bits per heavy atom. The third-order valence-electron chi connectivity index (χ3n) is 4.76. The molecule has 0 spiro atoms. The SMILES string of the molecule is Cc1oc(-c2ccccc2)nc1CN1CCN(S(=O)(=O)c2ccc(Cl)s2)CC1. The Morgan fingerprint density at radius 1 is 1.11 bits per heavy atom. The van der Waals surface area contributed by atoms with Gasteiger partial charge in [0, 0.05) is 38.3 Å². The largest absolute Gasteiger partial charge is 0.441 e. The number of hydrogen-bond donors (Lipinski definition) is 0. The van der Waals surface area contributed by atoms with Crippen LogP contribution in [0.2, 0.25) is 4.34 Å². The summed E-state index contributed by atoms with van der Waals surface area (Å²) in [6, 6.07) is 13.0. The number of oxazole rings is 1. The Kier molecular flexibility index (Phi) is 5.57. The molecule has 28 heavy (non-hydrogen) atoms. The van der Waals surface area contributed by atoms with Gasteiger partial charge in [0.05, 0.1) is 10.0 Å². The highest BCUT2D eigenvalue weighted by Crippen LogP contribution is 2.29. The Hall–Kier alpha value is -1.71. The number of benzene rings is 1. The number of aryl methyl sites for hydroxylation is 1. The molecule has 3 aromatic rings. The maximum absolute atomic E-state index is 12.7. The highest BCUT2D eigenvalue weighted by Gasteiger charge is 2.30. The molecular weight excluding hydrogens is 418 g/mol. The van der Waals surface area contributed by atoms with Gasteiger partial charge in [-0.05, 0) is 31.2 Å². The zero-order chi connectivity index (χ0) is 19.7. The lowest BCUT2D eigenvalue weighted by Gasteiger charge is -2.33. The fraction of sp³-hybridized carbons (Fsp3) is 0.316. The van der Waals surface area contributed by atoms with Gasteiger partial charge in [0.15, 0.2) is 0 Å². The van der Waals surface area contributed by atoms with E-state index in [1.807, 2.05) is 37.3 Å². The van der Waals surface area contributed by atoms with Gasteiger partial charge in [0.25, 0.3) is 10.0 Å². The molecule has 0 amide bonds. The fourth-order valence-corrected chi connectivity index (χ4v) is 6.24. The van der Waals surface area contributed by atoms with Gasteiger partial charge in [-0.1, -0.05) is 29.8 Å². The minimum Gasteiger partial charge on any atom is -0.441 e. The molecule has 0 N–H and O–H groups in total. The molecular formula is C19H20ClN3O3S2. The van der Waals surface area contributed by atoms with E-state index in [1.54, 1.807) is 12.1 Å². The second-order valence-corrected chi connectivity index (χ2v) is 10.5. The van der Waals surface area contributed by atoms with E-state index < -0.39 is 10.0 Å². The fourth-order valence-electron chi connectivity index (χ4n) is 3.18. The molecule has 1 aliphatic heterocycles. The second kappa shape index (κ2) is 7.96. The van der Waals surface area contributed by atoms with Crippen LogP contribution < -0.4 is 0 Å². The number of aromatic nitrogens is 1. The minimum atomic E-state index is -3.47. The van der Waals surface area contributed by atoms with Crippen molar-refractivity contribution >= 4 is 33.0 Å². The Balaban J connectivity index is 1.41. The number of nitrogens with zero attached hydrogens (tertiary/aromatic N) is 3. The predicted octanol–water partition coefficient (Wildman–Crippen LogP) is 3.87. The lowest BCUT2D eigenvalue weighted by molar-refractivity contribution is 0.179. The van der Waals surface area contributed by atoms with Crippen LogP contribution in [0.4, 0.5) is 0 Å². The van der Waals surface area contributed by atoms with Gasteiger partial charge in [-0.25, -0.2) is 13.4 Å². The van der Waals surface area contributed by atoms with Crippen LogP contribution in [0.25, 0.3) is 11.5 Å². The van der Waals surface area contributed by atoms with E-state index >= 15 is 0 Å². The van der Waals surface area contributed by atoms with Gasteiger partial charge in [0.2, 0.25) is 5.89 Å². The topological polar surface area (TPSA) is 66.7 Å². The van der Waals surface area contributed by atoms with Crippen LogP contribution >= 0.6 is 22.9 Å². The average molecular weight is 438 g/mol. The molecule has 6 nitrogen and oxygen atoms in total. The van der Waals surface area contributed by atoms with Crippen LogP contribution in [-0.4, -0.2) is 48.8 Å². The molecule has 1 fully saturated rings. The standard InChI is InChI=1S/C19H20ClN3O3S2/c1-14-16(21-19(26-14)15-5-3-2-4-6-15)13-22-9-11-23(12-10-22)28(24,25)18-8-7-17(20)27-18/h2-8H,9-13H2,1H3. The number of hydrogen-bond acceptors (Lipinski definition) is 6. The molecule has 0 unspecified atom stereocenters. The van der Waals surface area contributed by atoms with E-state index in [9.17, 15) is 8.42 Å². The molecule has 0 radical (unpaired) electrons. The quantitative estimate of drug-likeness (QED) is 0.606. The van der Waals surface area contributed by atoms with E-state index in [1.165, 1.54) is 4.31 Å². The molecule has 0 saturated carbocycles. The van der Waals surface area contributed by atoms with Crippen molar-refractivity contribution in [1.82, 2.24) is 14.2 Å². The van der Waals surface area contributed by atoms with E-state index in [-0.39, 0.29) is 0 Å². The van der Waals surface area contributed by atoms with Gasteiger partial charge >= 0.3 is 0 Å². The molecule has 1 aromatic carbocycles. The first-order chi connectivity index (χ1) is 13.4. The molecule has 2 aromatic heterocycles. The Morgan fingerprint density at radius 3 is 2.46 bits per heavy atom. The van der Waals surface area contributed by atoms with Crippen molar-refractivity contribution in [2.75, 3.05) is 26.2 Å². The number of halogens is 1. The van der Waals surface area contributed by atoms with Crippen molar-refractivity contribution in [3.05, 3.63) is 58.3 Å². The van der Waals surface area contributed by atoms with Crippen molar-refractivity contribution in [2.24, 2.45) is 0 Å². The highest BCUT2D eigenvalue weighted by atomic mass is 35.5. The average Bonchev–Trinajstić information content (AvgIpc) is 3.29. The number of sulfonamides is 1. The minimum absolute atomic E-state index is 0.297. The maximum atomic E-state index is 12.7. The molecule has 0 aliphatic carbocycles. The first kappa shape index (κ1) is 19.6. The van der Waals surface area contributed by atoms with Gasteiger partial charge in [-0.3, -0.25) is 4.90 Å². The smallest absolute Gasteiger partial charge is 0.252 e. The summed E-state index contributed by atoms with van der Waals surface area (Å²) < 4.78 is 33.5. The Bertz CT molecular complexity index is 1060. The van der Waals surface area contributed by atoms with Crippen molar-refractivity contribution in [3.8, 4) is 11.5 Å². The van der Waals surface area contributed by atoms with Gasteiger partial charge in [0.1, 0.15) is 9.97 Å². The van der Waals surface area contributed by atoms with Crippen LogP contribution in [0, 0.1) is 6.92 Å². The molecule has 3 heterocycles. The van der Waals surface area contributed by atoms with Crippen molar-refractivity contribution in [3.63, 3.8) is 0 Å². The summed E-state index contributed by atoms with van der Waals surface area (Å²) in [4.78, 5) is 6.84. The molecule has 1 saturated heterocycles. The summed E-state index contributed by atoms with van der Waals surface area (Å²) in [5.74, 6) is 1.41. The second-order valence-electron chi connectivity index (χ2n) is 6.63. The Labute approximate surface area is 173 Å². The van der Waals surface area contributed by atoms with Crippen LogP contribution in [-0.2, 0) is 16.6 Å². The summed E-state index contributed by atoms with van der Waals surface area (Å²) >= 11 is 6.99. The number of thiophene rings is 1. The zero-order valence-corrected chi connectivity index (χ0v) is 17.7. The third kappa shape index (κ3) is 4.01. The first-order valence-electron chi connectivity index (χ1n) is 8.93. The zero-order valence-electron chi connectivity index (χ0n) is 15.3. The molecule has 1 aliphatic rings. The van der Waals surface area contributed by atoms with Crippen LogP contribution in [0.5, 0.6) is 0 Å². The van der Waals surface area contributed by atoms with Gasteiger partial charge in [-0.15, -0.1) is 11.3 Å². The predicted molar refractivity (Wildman–Crippen MR) is 110 cm³/mol. The van der Waals surface area contributed by atoms with Crippen LogP contribution in [0.3, 0.4) is 0 Å². The number of piperazine rings is 1. The third-order valence-corrected chi connectivity index (χ3v) is 8.36. The van der Waals surface area contributed by atoms with Crippen molar-refractivity contribution < 1.29 is 12.8 Å². The monoisotopic (exact) mass is 437 g/mol.